The first-order valence-corrected chi connectivity index (χ1v) is 17.7. The van der Waals surface area contributed by atoms with Gasteiger partial charge >= 0.3 is 0 Å². The van der Waals surface area contributed by atoms with E-state index < -0.39 is 0 Å². The maximum absolute atomic E-state index is 6.45. The van der Waals surface area contributed by atoms with Crippen molar-refractivity contribution in [3.63, 3.8) is 0 Å². The summed E-state index contributed by atoms with van der Waals surface area (Å²) < 4.78 is 6.45. The smallest absolute Gasteiger partial charge is 0.164 e. The van der Waals surface area contributed by atoms with E-state index in [0.29, 0.717) is 17.5 Å². The first kappa shape index (κ1) is 30.2. The number of furan rings is 1. The number of rotatable bonds is 5. The summed E-state index contributed by atoms with van der Waals surface area (Å²) in [6, 6.07) is 57.2. The maximum atomic E-state index is 6.45. The van der Waals surface area contributed by atoms with Crippen LogP contribution in [0.1, 0.15) is 25.0 Å². The van der Waals surface area contributed by atoms with Crippen LogP contribution in [-0.4, -0.2) is 15.0 Å². The highest BCUT2D eigenvalue weighted by Gasteiger charge is 2.35. The van der Waals surface area contributed by atoms with Crippen molar-refractivity contribution < 1.29 is 4.42 Å². The molecule has 10 rings (SSSR count). The van der Waals surface area contributed by atoms with Crippen molar-refractivity contribution >= 4 is 21.9 Å². The molecule has 1 aliphatic carbocycles. The Hall–Kier alpha value is -6.65. The van der Waals surface area contributed by atoms with E-state index in [1.165, 1.54) is 27.8 Å². The van der Waals surface area contributed by atoms with Gasteiger partial charge in [0, 0.05) is 32.9 Å². The number of aromatic nitrogens is 3. The van der Waals surface area contributed by atoms with Crippen LogP contribution < -0.4 is 0 Å². The zero-order chi connectivity index (χ0) is 34.8. The Kier molecular flexibility index (Phi) is 6.80. The van der Waals surface area contributed by atoms with E-state index in [-0.39, 0.29) is 5.41 Å². The molecule has 4 nitrogen and oxygen atoms in total. The van der Waals surface area contributed by atoms with Crippen LogP contribution in [0.15, 0.2) is 168 Å². The maximum Gasteiger partial charge on any atom is 0.164 e. The molecule has 0 spiro atoms. The van der Waals surface area contributed by atoms with Crippen LogP contribution in [0.25, 0.3) is 89.5 Å². The predicted octanol–water partition coefficient (Wildman–Crippen LogP) is 12.4. The van der Waals surface area contributed by atoms with Gasteiger partial charge in [-0.05, 0) is 68.8 Å². The van der Waals surface area contributed by atoms with Crippen molar-refractivity contribution in [3.05, 3.63) is 175 Å². The first-order valence-electron chi connectivity index (χ1n) is 17.7. The van der Waals surface area contributed by atoms with Crippen LogP contribution in [0.3, 0.4) is 0 Å². The number of hydrogen-bond acceptors (Lipinski definition) is 4. The predicted molar refractivity (Wildman–Crippen MR) is 212 cm³/mol. The molecule has 0 N–H and O–H groups in total. The standard InChI is InChI=1S/C48H33N3O/c1-48(2)40-18-10-9-16-37(40)38-26-24-34(28-41(38)48)30-20-22-33(23-21-30)46-49-45(32-14-7-4-8-15-32)50-47(51-46)35-25-27-39-43(29-35)52-42-19-11-17-36(44(39)42)31-12-5-3-6-13-31/h3-29H,1-2H3. The summed E-state index contributed by atoms with van der Waals surface area (Å²) in [5, 5.41) is 2.17. The quantitative estimate of drug-likeness (QED) is 0.183. The number of nitrogens with zero attached hydrogens (tertiary/aromatic N) is 3. The van der Waals surface area contributed by atoms with Crippen molar-refractivity contribution in [1.82, 2.24) is 15.0 Å². The Labute approximate surface area is 302 Å². The molecule has 2 aromatic heterocycles. The molecule has 2 heterocycles. The molecular formula is C48H33N3O. The van der Waals surface area contributed by atoms with Gasteiger partial charge in [0.2, 0.25) is 0 Å². The average molecular weight is 668 g/mol. The molecule has 9 aromatic rings. The lowest BCUT2D eigenvalue weighted by Gasteiger charge is -2.22. The van der Waals surface area contributed by atoms with Gasteiger partial charge in [-0.25, -0.2) is 15.0 Å². The minimum atomic E-state index is -0.0490. The third-order valence-corrected chi connectivity index (χ3v) is 10.6. The zero-order valence-corrected chi connectivity index (χ0v) is 28.8. The highest BCUT2D eigenvalue weighted by Crippen LogP contribution is 2.49. The molecule has 1 aliphatic rings. The van der Waals surface area contributed by atoms with Gasteiger partial charge < -0.3 is 4.42 Å². The Morgan fingerprint density at radius 2 is 0.942 bits per heavy atom. The largest absolute Gasteiger partial charge is 0.456 e. The Morgan fingerprint density at radius 1 is 0.385 bits per heavy atom. The van der Waals surface area contributed by atoms with Crippen molar-refractivity contribution in [2.45, 2.75) is 19.3 Å². The van der Waals surface area contributed by atoms with Crippen molar-refractivity contribution in [1.29, 1.82) is 0 Å². The van der Waals surface area contributed by atoms with E-state index in [1.54, 1.807) is 0 Å². The van der Waals surface area contributed by atoms with Crippen LogP contribution in [0, 0.1) is 0 Å². The van der Waals surface area contributed by atoms with Crippen molar-refractivity contribution in [2.75, 3.05) is 0 Å². The third kappa shape index (κ3) is 4.87. The third-order valence-electron chi connectivity index (χ3n) is 10.6. The number of benzene rings is 7. The van der Waals surface area contributed by atoms with Gasteiger partial charge in [-0.1, -0.05) is 153 Å². The second-order valence-electron chi connectivity index (χ2n) is 14.0. The molecule has 0 saturated heterocycles. The molecule has 0 bridgehead atoms. The fourth-order valence-corrected chi connectivity index (χ4v) is 7.87. The van der Waals surface area contributed by atoms with Crippen LogP contribution in [0.5, 0.6) is 0 Å². The van der Waals surface area contributed by atoms with Gasteiger partial charge in [-0.2, -0.15) is 0 Å². The second kappa shape index (κ2) is 11.7. The van der Waals surface area contributed by atoms with E-state index in [9.17, 15) is 0 Å². The summed E-state index contributed by atoms with van der Waals surface area (Å²) in [6.45, 7) is 4.64. The molecule has 246 valence electrons. The summed E-state index contributed by atoms with van der Waals surface area (Å²) in [5.41, 5.74) is 14.4. The molecule has 4 heteroatoms. The molecule has 0 saturated carbocycles. The van der Waals surface area contributed by atoms with Crippen molar-refractivity contribution in [2.24, 2.45) is 0 Å². The second-order valence-corrected chi connectivity index (χ2v) is 14.0. The van der Waals surface area contributed by atoms with E-state index in [1.807, 2.05) is 48.5 Å². The lowest BCUT2D eigenvalue weighted by Crippen LogP contribution is -2.14. The lowest BCUT2D eigenvalue weighted by atomic mass is 9.81. The van der Waals surface area contributed by atoms with Crippen LogP contribution >= 0.6 is 0 Å². The van der Waals surface area contributed by atoms with E-state index >= 15 is 0 Å². The molecule has 52 heavy (non-hydrogen) atoms. The van der Waals surface area contributed by atoms with Gasteiger partial charge in [0.15, 0.2) is 17.5 Å². The topological polar surface area (TPSA) is 51.8 Å². The molecule has 0 fully saturated rings. The molecule has 7 aromatic carbocycles. The van der Waals surface area contributed by atoms with Crippen LogP contribution in [0.2, 0.25) is 0 Å². The SMILES string of the molecule is CC1(C)c2ccccc2-c2ccc(-c3ccc(-c4nc(-c5ccccc5)nc(-c5ccc6c(c5)oc5cccc(-c7ccccc7)c56)n4)cc3)cc21. The Morgan fingerprint density at radius 3 is 1.69 bits per heavy atom. The summed E-state index contributed by atoms with van der Waals surface area (Å²) in [6.07, 6.45) is 0. The highest BCUT2D eigenvalue weighted by atomic mass is 16.3. The van der Waals surface area contributed by atoms with Gasteiger partial charge in [0.05, 0.1) is 0 Å². The van der Waals surface area contributed by atoms with Crippen LogP contribution in [0.4, 0.5) is 0 Å². The zero-order valence-electron chi connectivity index (χ0n) is 28.8. The summed E-state index contributed by atoms with van der Waals surface area (Å²) >= 11 is 0. The summed E-state index contributed by atoms with van der Waals surface area (Å²) in [4.78, 5) is 15.0. The Bertz CT molecular complexity index is 2800. The fraction of sp³-hybridized carbons (Fsp3) is 0.0625. The molecule has 0 aliphatic heterocycles. The normalized spacial score (nSPS) is 13.0. The molecule has 0 radical (unpaired) electrons. The van der Waals surface area contributed by atoms with Crippen LogP contribution in [-0.2, 0) is 5.41 Å². The van der Waals surface area contributed by atoms with Gasteiger partial charge in [0.25, 0.3) is 0 Å². The van der Waals surface area contributed by atoms with Gasteiger partial charge in [-0.3, -0.25) is 0 Å². The lowest BCUT2D eigenvalue weighted by molar-refractivity contribution is 0.660. The van der Waals surface area contributed by atoms with E-state index in [2.05, 4.69) is 129 Å². The number of hydrogen-bond donors (Lipinski definition) is 0. The molecular weight excluding hydrogens is 635 g/mol. The van der Waals surface area contributed by atoms with Gasteiger partial charge in [0.1, 0.15) is 11.2 Å². The minimum Gasteiger partial charge on any atom is -0.456 e. The summed E-state index contributed by atoms with van der Waals surface area (Å²) in [5.74, 6) is 1.84. The fourth-order valence-electron chi connectivity index (χ4n) is 7.87. The van der Waals surface area contributed by atoms with E-state index in [0.717, 1.165) is 55.3 Å². The van der Waals surface area contributed by atoms with Gasteiger partial charge in [-0.15, -0.1) is 0 Å². The summed E-state index contributed by atoms with van der Waals surface area (Å²) in [7, 11) is 0. The molecule has 0 unspecified atom stereocenters. The Balaban J connectivity index is 1.05. The average Bonchev–Trinajstić information content (AvgIpc) is 3.70. The minimum absolute atomic E-state index is 0.0490. The highest BCUT2D eigenvalue weighted by molar-refractivity contribution is 6.13. The van der Waals surface area contributed by atoms with Crippen molar-refractivity contribution in [3.8, 4) is 67.5 Å². The van der Waals surface area contributed by atoms with E-state index in [4.69, 9.17) is 19.4 Å². The monoisotopic (exact) mass is 667 g/mol. The first-order chi connectivity index (χ1) is 25.5. The molecule has 0 atom stereocenters. The molecule has 0 amide bonds. The number of fused-ring (bicyclic) bond motifs is 6.